The zero-order chi connectivity index (χ0) is 8.81. The van der Waals surface area contributed by atoms with Crippen LogP contribution in [0.25, 0.3) is 0 Å². The Hall–Kier alpha value is -0.740. The van der Waals surface area contributed by atoms with Gasteiger partial charge < -0.3 is 10.3 Å². The van der Waals surface area contributed by atoms with Gasteiger partial charge in [-0.25, -0.2) is 4.98 Å². The Labute approximate surface area is 76.7 Å². The van der Waals surface area contributed by atoms with Gasteiger partial charge in [0.05, 0.1) is 0 Å². The first-order valence-electron chi connectivity index (χ1n) is 3.80. The van der Waals surface area contributed by atoms with Gasteiger partial charge in [-0.1, -0.05) is 23.9 Å². The summed E-state index contributed by atoms with van der Waals surface area (Å²) in [5.41, 5.74) is 5.30. The molecule has 1 aromatic rings. The Bertz CT molecular complexity index is 255. The molecule has 1 heterocycles. The largest absolute Gasteiger partial charge is 0.329 e. The SMILES string of the molecule is Cn1ccnc1SCC=CCN. The summed E-state index contributed by atoms with van der Waals surface area (Å²) < 4.78 is 2.00. The minimum absolute atomic E-state index is 0.612. The number of thioether (sulfide) groups is 1. The van der Waals surface area contributed by atoms with Crippen molar-refractivity contribution < 1.29 is 0 Å². The van der Waals surface area contributed by atoms with Crippen molar-refractivity contribution in [3.63, 3.8) is 0 Å². The molecule has 0 aliphatic rings. The summed E-state index contributed by atoms with van der Waals surface area (Å²) >= 11 is 1.70. The Morgan fingerprint density at radius 1 is 1.67 bits per heavy atom. The molecule has 1 aromatic heterocycles. The maximum atomic E-state index is 5.30. The van der Waals surface area contributed by atoms with Gasteiger partial charge in [0.15, 0.2) is 5.16 Å². The fraction of sp³-hybridized carbons (Fsp3) is 0.375. The summed E-state index contributed by atoms with van der Waals surface area (Å²) in [5.74, 6) is 0.933. The van der Waals surface area contributed by atoms with E-state index >= 15 is 0 Å². The topological polar surface area (TPSA) is 43.8 Å². The maximum Gasteiger partial charge on any atom is 0.167 e. The van der Waals surface area contributed by atoms with Gasteiger partial charge in [-0.15, -0.1) is 0 Å². The van der Waals surface area contributed by atoms with Crippen LogP contribution in [0.15, 0.2) is 29.7 Å². The molecule has 0 fully saturated rings. The molecule has 0 aliphatic heterocycles. The van der Waals surface area contributed by atoms with Crippen molar-refractivity contribution >= 4 is 11.8 Å². The van der Waals surface area contributed by atoms with Crippen LogP contribution in [-0.4, -0.2) is 21.8 Å². The van der Waals surface area contributed by atoms with Crippen molar-refractivity contribution in [3.8, 4) is 0 Å². The summed E-state index contributed by atoms with van der Waals surface area (Å²) in [7, 11) is 1.99. The quantitative estimate of drug-likeness (QED) is 0.560. The Morgan fingerprint density at radius 2 is 2.50 bits per heavy atom. The number of hydrogen-bond donors (Lipinski definition) is 1. The molecule has 0 atom stereocenters. The maximum absolute atomic E-state index is 5.30. The van der Waals surface area contributed by atoms with Gasteiger partial charge in [0.25, 0.3) is 0 Å². The Kier molecular flexibility index (Phi) is 3.90. The molecule has 0 aliphatic carbocycles. The van der Waals surface area contributed by atoms with Crippen LogP contribution < -0.4 is 5.73 Å². The number of nitrogens with zero attached hydrogens (tertiary/aromatic N) is 2. The van der Waals surface area contributed by atoms with Crippen LogP contribution >= 0.6 is 11.8 Å². The molecule has 12 heavy (non-hydrogen) atoms. The van der Waals surface area contributed by atoms with Gasteiger partial charge in [-0.05, 0) is 0 Å². The lowest BCUT2D eigenvalue weighted by atomic mass is 10.5. The van der Waals surface area contributed by atoms with E-state index < -0.39 is 0 Å². The standard InChI is InChI=1S/C8H13N3S/c1-11-6-5-10-8(11)12-7-3-2-4-9/h2-3,5-6H,4,7,9H2,1H3. The molecule has 0 bridgehead atoms. The number of nitrogens with two attached hydrogens (primary N) is 1. The van der Waals surface area contributed by atoms with E-state index in [2.05, 4.69) is 11.1 Å². The molecule has 3 nitrogen and oxygen atoms in total. The Morgan fingerprint density at radius 3 is 3.08 bits per heavy atom. The number of rotatable bonds is 4. The third-order valence-electron chi connectivity index (χ3n) is 1.39. The molecule has 66 valence electrons. The van der Waals surface area contributed by atoms with Gasteiger partial charge >= 0.3 is 0 Å². The summed E-state index contributed by atoms with van der Waals surface area (Å²) in [6.45, 7) is 0.612. The molecule has 0 saturated carbocycles. The van der Waals surface area contributed by atoms with Crippen LogP contribution in [0.2, 0.25) is 0 Å². The average molecular weight is 183 g/mol. The zero-order valence-corrected chi connectivity index (χ0v) is 7.92. The van der Waals surface area contributed by atoms with Gasteiger partial charge in [-0.2, -0.15) is 0 Å². The highest BCUT2D eigenvalue weighted by atomic mass is 32.2. The highest BCUT2D eigenvalue weighted by Gasteiger charge is 1.95. The summed E-state index contributed by atoms with van der Waals surface area (Å²) in [4.78, 5) is 4.17. The molecule has 0 radical (unpaired) electrons. The van der Waals surface area contributed by atoms with E-state index in [4.69, 9.17) is 5.73 Å². The molecular weight excluding hydrogens is 170 g/mol. The smallest absolute Gasteiger partial charge is 0.167 e. The van der Waals surface area contributed by atoms with Crippen LogP contribution in [0.4, 0.5) is 0 Å². The second-order valence-electron chi connectivity index (χ2n) is 2.34. The van der Waals surface area contributed by atoms with E-state index in [0.29, 0.717) is 6.54 Å². The third-order valence-corrected chi connectivity index (χ3v) is 2.40. The minimum atomic E-state index is 0.612. The van der Waals surface area contributed by atoms with Crippen LogP contribution in [0.1, 0.15) is 0 Å². The minimum Gasteiger partial charge on any atom is -0.329 e. The van der Waals surface area contributed by atoms with Crippen molar-refractivity contribution in [1.29, 1.82) is 0 Å². The number of imidazole rings is 1. The second kappa shape index (κ2) is 5.00. The van der Waals surface area contributed by atoms with E-state index in [0.717, 1.165) is 10.9 Å². The van der Waals surface area contributed by atoms with E-state index in [1.807, 2.05) is 23.9 Å². The highest BCUT2D eigenvalue weighted by molar-refractivity contribution is 7.99. The van der Waals surface area contributed by atoms with Crippen LogP contribution in [0.3, 0.4) is 0 Å². The van der Waals surface area contributed by atoms with Gasteiger partial charge in [0, 0.05) is 31.7 Å². The summed E-state index contributed by atoms with van der Waals surface area (Å²) in [5, 5.41) is 1.04. The van der Waals surface area contributed by atoms with E-state index in [1.54, 1.807) is 18.0 Å². The van der Waals surface area contributed by atoms with Crippen molar-refractivity contribution in [2.24, 2.45) is 12.8 Å². The third kappa shape index (κ3) is 2.71. The Balaban J connectivity index is 2.33. The first kappa shape index (κ1) is 9.35. The average Bonchev–Trinajstić information content (AvgIpc) is 2.46. The van der Waals surface area contributed by atoms with Gasteiger partial charge in [0.1, 0.15) is 0 Å². The zero-order valence-electron chi connectivity index (χ0n) is 7.10. The predicted octanol–water partition coefficient (Wildman–Crippen LogP) is 1.03. The first-order valence-corrected chi connectivity index (χ1v) is 4.78. The number of aromatic nitrogens is 2. The fourth-order valence-corrected chi connectivity index (χ4v) is 1.56. The lowest BCUT2D eigenvalue weighted by Crippen LogP contribution is -1.93. The van der Waals surface area contributed by atoms with Crippen LogP contribution in [0.5, 0.6) is 0 Å². The van der Waals surface area contributed by atoms with E-state index in [9.17, 15) is 0 Å². The van der Waals surface area contributed by atoms with Crippen LogP contribution in [0, 0.1) is 0 Å². The molecule has 1 rings (SSSR count). The van der Waals surface area contributed by atoms with Crippen molar-refractivity contribution in [2.45, 2.75) is 5.16 Å². The van der Waals surface area contributed by atoms with Crippen molar-refractivity contribution in [2.75, 3.05) is 12.3 Å². The van der Waals surface area contributed by atoms with E-state index in [-0.39, 0.29) is 0 Å². The van der Waals surface area contributed by atoms with Crippen LogP contribution in [-0.2, 0) is 7.05 Å². The molecule has 0 amide bonds. The van der Waals surface area contributed by atoms with Gasteiger partial charge in [-0.3, -0.25) is 0 Å². The lowest BCUT2D eigenvalue weighted by molar-refractivity contribution is 0.791. The monoisotopic (exact) mass is 183 g/mol. The summed E-state index contributed by atoms with van der Waals surface area (Å²) in [6.07, 6.45) is 7.75. The molecule has 0 aromatic carbocycles. The van der Waals surface area contributed by atoms with E-state index in [1.165, 1.54) is 0 Å². The highest BCUT2D eigenvalue weighted by Crippen LogP contribution is 2.13. The van der Waals surface area contributed by atoms with Gasteiger partial charge in [0.2, 0.25) is 0 Å². The molecule has 0 saturated heterocycles. The lowest BCUT2D eigenvalue weighted by Gasteiger charge is -1.96. The molecule has 0 spiro atoms. The summed E-state index contributed by atoms with van der Waals surface area (Å²) in [6, 6.07) is 0. The molecule has 2 N–H and O–H groups in total. The molecular formula is C8H13N3S. The number of aryl methyl sites for hydroxylation is 1. The molecule has 4 heteroatoms. The fourth-order valence-electron chi connectivity index (χ4n) is 0.778. The normalized spacial score (nSPS) is 11.2. The molecule has 0 unspecified atom stereocenters. The first-order chi connectivity index (χ1) is 5.84. The second-order valence-corrected chi connectivity index (χ2v) is 3.33. The predicted molar refractivity (Wildman–Crippen MR) is 52.1 cm³/mol. The number of hydrogen-bond acceptors (Lipinski definition) is 3. The van der Waals surface area contributed by atoms with Crippen molar-refractivity contribution in [1.82, 2.24) is 9.55 Å². The van der Waals surface area contributed by atoms with Crippen molar-refractivity contribution in [3.05, 3.63) is 24.5 Å².